The van der Waals surface area contributed by atoms with E-state index in [1.54, 1.807) is 54.7 Å². The predicted molar refractivity (Wildman–Crippen MR) is 134 cm³/mol. The Morgan fingerprint density at radius 1 is 1.00 bits per heavy atom. The first-order chi connectivity index (χ1) is 18.2. The topological polar surface area (TPSA) is 126 Å². The molecule has 0 spiro atoms. The molecule has 3 rings (SSSR count). The van der Waals surface area contributed by atoms with Gasteiger partial charge in [-0.05, 0) is 30.5 Å². The lowest BCUT2D eigenvalue weighted by atomic mass is 9.86. The van der Waals surface area contributed by atoms with Crippen molar-refractivity contribution >= 4 is 23.5 Å². The summed E-state index contributed by atoms with van der Waals surface area (Å²) in [6.07, 6.45) is 0.816. The lowest BCUT2D eigenvalue weighted by molar-refractivity contribution is -0.141. The van der Waals surface area contributed by atoms with Crippen LogP contribution in [0.1, 0.15) is 36.9 Å². The first-order valence-corrected chi connectivity index (χ1v) is 12.4. The highest BCUT2D eigenvalue weighted by atomic mass is 19.3. The molecule has 3 amide bonds. The second-order valence-electron chi connectivity index (χ2n) is 9.27. The molecule has 9 nitrogen and oxygen atoms in total. The summed E-state index contributed by atoms with van der Waals surface area (Å²) < 4.78 is 32.0. The summed E-state index contributed by atoms with van der Waals surface area (Å²) >= 11 is 0. The van der Waals surface area contributed by atoms with E-state index in [-0.39, 0.29) is 32.4 Å². The monoisotopic (exact) mass is 530 g/mol. The molecule has 2 aromatic rings. The van der Waals surface area contributed by atoms with Gasteiger partial charge < -0.3 is 20.7 Å². The number of carbonyl (C=O) groups excluding carboxylic acids is 4. The van der Waals surface area contributed by atoms with Gasteiger partial charge in [-0.2, -0.15) is 0 Å². The summed E-state index contributed by atoms with van der Waals surface area (Å²) in [5.74, 6) is -6.46. The van der Waals surface area contributed by atoms with Gasteiger partial charge in [-0.15, -0.1) is 0 Å². The standard InChI is InChI=1S/C27H32F2N4O5/c1-38-17-22(33-24(35)19-10-12-27(28,29)13-11-19)25(36)32-21(15-18-7-3-2-4-8-18)23(34)26(37)31-16-20-9-5-6-14-30-20/h2-9,14,19,21-22H,10-13,15-17H2,1H3,(H,31,37)(H,32,36)(H,33,35)/t21-,22-/m1/s1. The van der Waals surface area contributed by atoms with Gasteiger partial charge in [0.2, 0.25) is 23.5 Å². The van der Waals surface area contributed by atoms with Gasteiger partial charge in [-0.1, -0.05) is 36.4 Å². The van der Waals surface area contributed by atoms with Gasteiger partial charge in [0.05, 0.1) is 18.8 Å². The third-order valence-corrected chi connectivity index (χ3v) is 6.35. The highest BCUT2D eigenvalue weighted by molar-refractivity contribution is 6.38. The van der Waals surface area contributed by atoms with Crippen LogP contribution >= 0.6 is 0 Å². The number of nitrogens with one attached hydrogen (secondary N) is 3. The Labute approximate surface area is 219 Å². The molecular formula is C27H32F2N4O5. The number of aromatic nitrogens is 1. The number of amides is 3. The van der Waals surface area contributed by atoms with E-state index >= 15 is 0 Å². The molecule has 0 saturated heterocycles. The molecule has 0 bridgehead atoms. The van der Waals surface area contributed by atoms with Gasteiger partial charge in [0, 0.05) is 38.5 Å². The molecule has 0 aliphatic heterocycles. The number of ketones is 1. The van der Waals surface area contributed by atoms with Crippen LogP contribution in [-0.2, 0) is 36.9 Å². The molecule has 1 saturated carbocycles. The molecule has 0 unspecified atom stereocenters. The number of alkyl halides is 2. The number of hydrogen-bond donors (Lipinski definition) is 3. The number of pyridine rings is 1. The molecule has 1 aromatic carbocycles. The quantitative estimate of drug-likeness (QED) is 0.360. The highest BCUT2D eigenvalue weighted by Gasteiger charge is 2.38. The molecule has 204 valence electrons. The molecule has 0 radical (unpaired) electrons. The van der Waals surface area contributed by atoms with Gasteiger partial charge in [0.25, 0.3) is 5.91 Å². The molecule has 1 aliphatic rings. The van der Waals surface area contributed by atoms with Crippen molar-refractivity contribution in [3.05, 3.63) is 66.0 Å². The van der Waals surface area contributed by atoms with Crippen LogP contribution in [0.25, 0.3) is 0 Å². The fourth-order valence-electron chi connectivity index (χ4n) is 4.19. The van der Waals surface area contributed by atoms with E-state index in [4.69, 9.17) is 4.74 Å². The second-order valence-corrected chi connectivity index (χ2v) is 9.27. The van der Waals surface area contributed by atoms with Crippen molar-refractivity contribution in [1.82, 2.24) is 20.9 Å². The van der Waals surface area contributed by atoms with Crippen LogP contribution in [0.15, 0.2) is 54.7 Å². The van der Waals surface area contributed by atoms with E-state index in [1.165, 1.54) is 7.11 Å². The highest BCUT2D eigenvalue weighted by Crippen LogP contribution is 2.36. The van der Waals surface area contributed by atoms with Gasteiger partial charge >= 0.3 is 0 Å². The first kappa shape index (κ1) is 28.8. The fourth-order valence-corrected chi connectivity index (χ4v) is 4.19. The Hall–Kier alpha value is -3.73. The zero-order chi connectivity index (χ0) is 27.5. The smallest absolute Gasteiger partial charge is 0.289 e. The molecule has 1 fully saturated rings. The van der Waals surface area contributed by atoms with E-state index < -0.39 is 60.3 Å². The Bertz CT molecular complexity index is 1090. The van der Waals surface area contributed by atoms with Crippen molar-refractivity contribution in [2.24, 2.45) is 5.92 Å². The Morgan fingerprint density at radius 2 is 1.68 bits per heavy atom. The lowest BCUT2D eigenvalue weighted by Gasteiger charge is -2.29. The molecule has 1 aliphatic carbocycles. The molecular weight excluding hydrogens is 498 g/mol. The minimum Gasteiger partial charge on any atom is -0.382 e. The van der Waals surface area contributed by atoms with E-state index in [0.717, 1.165) is 0 Å². The molecule has 11 heteroatoms. The maximum absolute atomic E-state index is 13.5. The minimum absolute atomic E-state index is 0.00567. The maximum atomic E-state index is 13.5. The lowest BCUT2D eigenvalue weighted by Crippen LogP contribution is -2.56. The number of hydrogen-bond acceptors (Lipinski definition) is 6. The number of nitrogens with zero attached hydrogens (tertiary/aromatic N) is 1. The number of carbonyl (C=O) groups is 4. The van der Waals surface area contributed by atoms with Crippen molar-refractivity contribution in [3.8, 4) is 0 Å². The zero-order valence-electron chi connectivity index (χ0n) is 21.1. The number of ether oxygens (including phenoxy) is 1. The van der Waals surface area contributed by atoms with Crippen molar-refractivity contribution in [1.29, 1.82) is 0 Å². The summed E-state index contributed by atoms with van der Waals surface area (Å²) in [4.78, 5) is 55.7. The molecule has 1 aromatic heterocycles. The summed E-state index contributed by atoms with van der Waals surface area (Å²) in [5.41, 5.74) is 1.26. The number of halogens is 2. The van der Waals surface area contributed by atoms with Crippen LogP contribution in [-0.4, -0.2) is 60.2 Å². The Balaban J connectivity index is 1.68. The number of methoxy groups -OCH3 is 1. The van der Waals surface area contributed by atoms with Gasteiger partial charge in [-0.3, -0.25) is 24.2 Å². The fraction of sp³-hybridized carbons (Fsp3) is 0.444. The summed E-state index contributed by atoms with van der Waals surface area (Å²) in [6.45, 7) is -0.182. The van der Waals surface area contributed by atoms with Crippen LogP contribution in [0.3, 0.4) is 0 Å². The van der Waals surface area contributed by atoms with Crippen molar-refractivity contribution in [3.63, 3.8) is 0 Å². The third-order valence-electron chi connectivity index (χ3n) is 6.35. The van der Waals surface area contributed by atoms with E-state index in [2.05, 4.69) is 20.9 Å². The average Bonchev–Trinajstić information content (AvgIpc) is 2.91. The number of rotatable bonds is 12. The summed E-state index contributed by atoms with van der Waals surface area (Å²) in [7, 11) is 1.34. The maximum Gasteiger partial charge on any atom is 0.289 e. The zero-order valence-corrected chi connectivity index (χ0v) is 21.1. The number of benzene rings is 1. The minimum atomic E-state index is -2.79. The van der Waals surface area contributed by atoms with Gasteiger partial charge in [0.1, 0.15) is 12.1 Å². The Morgan fingerprint density at radius 3 is 2.32 bits per heavy atom. The van der Waals surface area contributed by atoms with E-state index in [1.807, 2.05) is 0 Å². The van der Waals surface area contributed by atoms with Crippen LogP contribution in [0.5, 0.6) is 0 Å². The molecule has 1 heterocycles. The average molecular weight is 531 g/mol. The first-order valence-electron chi connectivity index (χ1n) is 12.4. The van der Waals surface area contributed by atoms with Crippen molar-refractivity contribution in [2.75, 3.05) is 13.7 Å². The van der Waals surface area contributed by atoms with Crippen LogP contribution in [0.2, 0.25) is 0 Å². The third kappa shape index (κ3) is 8.69. The summed E-state index contributed by atoms with van der Waals surface area (Å²) in [6, 6.07) is 11.6. The SMILES string of the molecule is COC[C@@H](NC(=O)C1CCC(F)(F)CC1)C(=O)N[C@H](Cc1ccccc1)C(=O)C(=O)NCc1ccccn1. The predicted octanol–water partition coefficient (Wildman–Crippen LogP) is 1.95. The normalized spacial score (nSPS) is 16.6. The van der Waals surface area contributed by atoms with Crippen LogP contribution in [0.4, 0.5) is 8.78 Å². The van der Waals surface area contributed by atoms with Gasteiger partial charge in [0.15, 0.2) is 0 Å². The van der Waals surface area contributed by atoms with Crippen molar-refractivity contribution < 1.29 is 32.7 Å². The molecule has 3 N–H and O–H groups in total. The second kappa shape index (κ2) is 13.7. The van der Waals surface area contributed by atoms with E-state index in [9.17, 15) is 28.0 Å². The largest absolute Gasteiger partial charge is 0.382 e. The van der Waals surface area contributed by atoms with E-state index in [0.29, 0.717) is 11.3 Å². The summed E-state index contributed by atoms with van der Waals surface area (Å²) in [5, 5.41) is 7.65. The van der Waals surface area contributed by atoms with Gasteiger partial charge in [-0.25, -0.2) is 8.78 Å². The van der Waals surface area contributed by atoms with Crippen LogP contribution in [0, 0.1) is 5.92 Å². The molecule has 2 atom stereocenters. The molecule has 38 heavy (non-hydrogen) atoms. The number of Topliss-reactive ketones (excluding diaryl/α,β-unsaturated/α-hetero) is 1. The van der Waals surface area contributed by atoms with Crippen molar-refractivity contribution in [2.45, 2.75) is 56.7 Å². The van der Waals surface area contributed by atoms with Crippen LogP contribution < -0.4 is 16.0 Å². The Kier molecular flexibility index (Phi) is 10.4.